The van der Waals surface area contributed by atoms with Crippen LogP contribution in [0.15, 0.2) is 30.3 Å². The van der Waals surface area contributed by atoms with Crippen LogP contribution in [0.4, 0.5) is 0 Å². The van der Waals surface area contributed by atoms with E-state index in [9.17, 15) is 4.79 Å². The van der Waals surface area contributed by atoms with Crippen molar-refractivity contribution in [2.75, 3.05) is 13.7 Å². The van der Waals surface area contributed by atoms with Gasteiger partial charge in [0.05, 0.1) is 0 Å². The maximum atomic E-state index is 12.4. The Morgan fingerprint density at radius 2 is 1.80 bits per heavy atom. The molecule has 1 aromatic rings. The number of hydrogen-bond donors (Lipinski definition) is 0. The quantitative estimate of drug-likeness (QED) is 0.414. The van der Waals surface area contributed by atoms with Crippen LogP contribution in [0.2, 0.25) is 19.1 Å². The lowest BCUT2D eigenvalue weighted by molar-refractivity contribution is -0.00437. The van der Waals surface area contributed by atoms with Crippen molar-refractivity contribution in [3.05, 3.63) is 35.9 Å². The monoisotopic (exact) mass is 294 g/mol. The third kappa shape index (κ3) is 5.19. The summed E-state index contributed by atoms with van der Waals surface area (Å²) in [6.07, 6.45) is 0.929. The van der Waals surface area contributed by atoms with Crippen molar-refractivity contribution in [2.45, 2.75) is 45.0 Å². The molecule has 1 aromatic carbocycles. The first-order valence-electron chi connectivity index (χ1n) is 7.07. The number of ether oxygens (including phenoxy) is 1. The third-order valence-electron chi connectivity index (χ3n) is 3.52. The molecular weight excluding hydrogens is 268 g/mol. The van der Waals surface area contributed by atoms with Gasteiger partial charge in [-0.2, -0.15) is 0 Å². The van der Waals surface area contributed by atoms with Gasteiger partial charge in [0.25, 0.3) is 0 Å². The van der Waals surface area contributed by atoms with E-state index in [2.05, 4.69) is 13.1 Å². The summed E-state index contributed by atoms with van der Waals surface area (Å²) >= 11 is 0. The van der Waals surface area contributed by atoms with Crippen molar-refractivity contribution in [3.63, 3.8) is 0 Å². The highest BCUT2D eigenvalue weighted by molar-refractivity contribution is 6.71. The Bertz CT molecular complexity index is 427. The van der Waals surface area contributed by atoms with Crippen LogP contribution in [0.3, 0.4) is 0 Å². The molecule has 0 amide bonds. The highest BCUT2D eigenvalue weighted by Crippen LogP contribution is 2.19. The number of carbonyl (C=O) groups is 1. The predicted octanol–water partition coefficient (Wildman–Crippen LogP) is 3.91. The normalized spacial score (nSPS) is 12.4. The van der Waals surface area contributed by atoms with Crippen LogP contribution in [-0.2, 0) is 9.16 Å². The van der Waals surface area contributed by atoms with E-state index in [0.29, 0.717) is 12.2 Å². The lowest BCUT2D eigenvalue weighted by atomic mass is 9.96. The van der Waals surface area contributed by atoms with Gasteiger partial charge >= 0.3 is 0 Å². The molecule has 0 N–H and O–H groups in total. The minimum atomic E-state index is -1.53. The van der Waals surface area contributed by atoms with E-state index in [-0.39, 0.29) is 5.78 Å². The maximum absolute atomic E-state index is 12.4. The number of Topliss-reactive ketones (excluding diaryl/α,β-unsaturated/α-hetero) is 1. The van der Waals surface area contributed by atoms with Gasteiger partial charge in [0, 0.05) is 19.3 Å². The van der Waals surface area contributed by atoms with Crippen molar-refractivity contribution in [3.8, 4) is 0 Å². The molecular formula is C16H26O3Si. The number of hydrogen-bond acceptors (Lipinski definition) is 3. The molecule has 0 aliphatic heterocycles. The molecule has 3 nitrogen and oxygen atoms in total. The lowest BCUT2D eigenvalue weighted by Gasteiger charge is -2.25. The number of ketones is 1. The van der Waals surface area contributed by atoms with Crippen LogP contribution in [0.25, 0.3) is 0 Å². The zero-order chi connectivity index (χ0) is 15.2. The van der Waals surface area contributed by atoms with Crippen molar-refractivity contribution in [1.29, 1.82) is 0 Å². The van der Waals surface area contributed by atoms with Gasteiger partial charge < -0.3 is 9.16 Å². The number of carbonyl (C=O) groups excluding carboxylic acids is 1. The van der Waals surface area contributed by atoms with E-state index >= 15 is 0 Å². The van der Waals surface area contributed by atoms with Gasteiger partial charge in [0.15, 0.2) is 14.1 Å². The summed E-state index contributed by atoms with van der Waals surface area (Å²) in [6, 6.07) is 10.3. The summed E-state index contributed by atoms with van der Waals surface area (Å²) in [4.78, 5) is 12.4. The molecule has 0 spiro atoms. The van der Waals surface area contributed by atoms with Gasteiger partial charge in [-0.3, -0.25) is 4.79 Å². The smallest absolute Gasteiger partial charge is 0.194 e. The van der Waals surface area contributed by atoms with E-state index in [1.54, 1.807) is 7.11 Å². The van der Waals surface area contributed by atoms with E-state index in [1.807, 2.05) is 44.2 Å². The molecule has 0 aliphatic rings. The van der Waals surface area contributed by atoms with Crippen LogP contribution in [0.1, 0.15) is 30.6 Å². The number of rotatable bonds is 8. The summed E-state index contributed by atoms with van der Waals surface area (Å²) in [5.41, 5.74) is -0.0794. The van der Waals surface area contributed by atoms with Crippen molar-refractivity contribution in [2.24, 2.45) is 0 Å². The van der Waals surface area contributed by atoms with E-state index < -0.39 is 13.9 Å². The topological polar surface area (TPSA) is 35.5 Å². The number of benzene rings is 1. The fourth-order valence-electron chi connectivity index (χ4n) is 1.93. The fourth-order valence-corrected chi connectivity index (χ4v) is 3.13. The van der Waals surface area contributed by atoms with Crippen LogP contribution in [0, 0.1) is 0 Å². The van der Waals surface area contributed by atoms with E-state index in [4.69, 9.17) is 9.16 Å². The summed E-state index contributed by atoms with van der Waals surface area (Å²) in [5.74, 6) is 0.0290. The van der Waals surface area contributed by atoms with Gasteiger partial charge in [0.1, 0.15) is 5.60 Å². The molecule has 0 atom stereocenters. The summed E-state index contributed by atoms with van der Waals surface area (Å²) in [6.45, 7) is 8.63. The molecule has 112 valence electrons. The maximum Gasteiger partial charge on any atom is 0.194 e. The predicted molar refractivity (Wildman–Crippen MR) is 84.7 cm³/mol. The van der Waals surface area contributed by atoms with Gasteiger partial charge in [-0.1, -0.05) is 30.3 Å². The van der Waals surface area contributed by atoms with Crippen LogP contribution >= 0.6 is 0 Å². The van der Waals surface area contributed by atoms with E-state index in [1.165, 1.54) is 0 Å². The molecule has 0 aromatic heterocycles. The second kappa shape index (κ2) is 7.15. The zero-order valence-electron chi connectivity index (χ0n) is 13.2. The fraction of sp³-hybridized carbons (Fsp3) is 0.562. The van der Waals surface area contributed by atoms with Crippen molar-refractivity contribution >= 4 is 14.1 Å². The highest BCUT2D eigenvalue weighted by atomic mass is 28.4. The average molecular weight is 294 g/mol. The minimum absolute atomic E-state index is 0.0290. The second-order valence-electron chi connectivity index (χ2n) is 6.12. The Labute approximate surface area is 123 Å². The first kappa shape index (κ1) is 17.1. The van der Waals surface area contributed by atoms with Gasteiger partial charge in [-0.05, 0) is 39.4 Å². The van der Waals surface area contributed by atoms with Gasteiger partial charge in [0.2, 0.25) is 0 Å². The molecule has 0 heterocycles. The molecule has 0 radical (unpaired) electrons. The lowest BCUT2D eigenvalue weighted by Crippen LogP contribution is -2.36. The average Bonchev–Trinajstić information content (AvgIpc) is 2.44. The first-order valence-corrected chi connectivity index (χ1v) is 10.2. The summed E-state index contributed by atoms with van der Waals surface area (Å²) in [7, 11) is 0.244. The van der Waals surface area contributed by atoms with Gasteiger partial charge in [-0.25, -0.2) is 0 Å². The molecule has 20 heavy (non-hydrogen) atoms. The molecule has 0 saturated heterocycles. The molecule has 0 bridgehead atoms. The van der Waals surface area contributed by atoms with Gasteiger partial charge in [-0.15, -0.1) is 0 Å². The van der Waals surface area contributed by atoms with Crippen LogP contribution < -0.4 is 0 Å². The third-order valence-corrected chi connectivity index (χ3v) is 6.18. The Balaban J connectivity index is 2.48. The molecule has 0 fully saturated rings. The van der Waals surface area contributed by atoms with Crippen LogP contribution in [-0.4, -0.2) is 33.4 Å². The van der Waals surface area contributed by atoms with Crippen molar-refractivity contribution in [1.82, 2.24) is 0 Å². The second-order valence-corrected chi connectivity index (χ2v) is 10.5. The first-order chi connectivity index (χ1) is 9.28. The summed E-state index contributed by atoms with van der Waals surface area (Å²) in [5, 5.41) is 0. The largest absolute Gasteiger partial charge is 0.420 e. The van der Waals surface area contributed by atoms with Crippen molar-refractivity contribution < 1.29 is 14.0 Å². The zero-order valence-corrected chi connectivity index (χ0v) is 14.2. The standard InChI is InChI=1S/C16H26O3Si/c1-16(2,15(17)14-10-7-6-8-11-14)19-12-9-13-20(4,5)18-3/h6-8,10-11H,9,12-13H2,1-5H3. The van der Waals surface area contributed by atoms with Crippen LogP contribution in [0.5, 0.6) is 0 Å². The SMILES string of the molecule is CO[Si](C)(C)CCCOC(C)(C)C(=O)c1ccccc1. The highest BCUT2D eigenvalue weighted by Gasteiger charge is 2.29. The Morgan fingerprint density at radius 1 is 1.20 bits per heavy atom. The molecule has 4 heteroatoms. The molecule has 0 unspecified atom stereocenters. The Hall–Kier alpha value is -0.973. The molecule has 0 saturated carbocycles. The summed E-state index contributed by atoms with van der Waals surface area (Å²) < 4.78 is 11.3. The molecule has 1 rings (SSSR count). The van der Waals surface area contributed by atoms with E-state index in [0.717, 1.165) is 12.5 Å². The Kier molecular flexibility index (Phi) is 6.11. The minimum Gasteiger partial charge on any atom is -0.420 e. The molecule has 0 aliphatic carbocycles. The Morgan fingerprint density at radius 3 is 2.35 bits per heavy atom.